The van der Waals surface area contributed by atoms with Crippen LogP contribution in [-0.4, -0.2) is 84.7 Å². The van der Waals surface area contributed by atoms with E-state index in [1.54, 1.807) is 37.0 Å². The first-order valence-corrected chi connectivity index (χ1v) is 13.1. The Morgan fingerprint density at radius 1 is 1.11 bits per heavy atom. The molecule has 0 aromatic heterocycles. The molecule has 0 N–H and O–H groups in total. The van der Waals surface area contributed by atoms with Gasteiger partial charge in [-0.2, -0.15) is 0 Å². The Morgan fingerprint density at radius 3 is 2.42 bits per heavy atom. The summed E-state index contributed by atoms with van der Waals surface area (Å²) in [6.45, 7) is 9.01. The molecule has 0 spiro atoms. The van der Waals surface area contributed by atoms with E-state index in [0.717, 1.165) is 11.3 Å². The number of ether oxygens (including phenoxy) is 3. The maximum Gasteiger partial charge on any atom is 0.338 e. The summed E-state index contributed by atoms with van der Waals surface area (Å²) in [6.07, 6.45) is 1.64. The van der Waals surface area contributed by atoms with Gasteiger partial charge in [0, 0.05) is 38.8 Å². The van der Waals surface area contributed by atoms with Crippen molar-refractivity contribution >= 4 is 34.7 Å². The molecule has 11 heteroatoms. The lowest BCUT2D eigenvalue weighted by Crippen LogP contribution is -2.50. The molecule has 1 atom stereocenters. The Morgan fingerprint density at radius 2 is 1.79 bits per heavy atom. The summed E-state index contributed by atoms with van der Waals surface area (Å²) in [6, 6.07) is 4.88. The molecule has 0 unspecified atom stereocenters. The highest BCUT2D eigenvalue weighted by Gasteiger charge is 2.42. The molecule has 3 aliphatic rings. The number of esters is 1. The van der Waals surface area contributed by atoms with Gasteiger partial charge >= 0.3 is 5.97 Å². The Labute approximate surface area is 226 Å². The number of aliphatic imine (C=N–C) groups is 1. The smallest absolute Gasteiger partial charge is 0.338 e. The van der Waals surface area contributed by atoms with E-state index in [4.69, 9.17) is 14.2 Å². The minimum atomic E-state index is -0.594. The van der Waals surface area contributed by atoms with Crippen LogP contribution in [0.5, 0.6) is 11.5 Å². The van der Waals surface area contributed by atoms with Crippen molar-refractivity contribution in [1.82, 2.24) is 14.7 Å². The zero-order chi connectivity index (χ0) is 27.4. The molecule has 3 heterocycles. The van der Waals surface area contributed by atoms with Crippen LogP contribution in [0.1, 0.15) is 31.9 Å². The van der Waals surface area contributed by atoms with Gasteiger partial charge in [-0.25, -0.2) is 9.79 Å². The maximum atomic E-state index is 13.3. The third kappa shape index (κ3) is 5.42. The van der Waals surface area contributed by atoms with E-state index in [-0.39, 0.29) is 24.8 Å². The zero-order valence-corrected chi connectivity index (χ0v) is 22.9. The molecule has 4 rings (SSSR count). The van der Waals surface area contributed by atoms with Crippen molar-refractivity contribution in [2.24, 2.45) is 4.99 Å². The van der Waals surface area contributed by atoms with Crippen LogP contribution in [0.15, 0.2) is 58.2 Å². The normalized spacial score (nSPS) is 18.9. The number of carbonyl (C=O) groups excluding carboxylic acids is 3. The fraction of sp³-hybridized carbons (Fsp3) is 0.407. The average molecular weight is 541 g/mol. The quantitative estimate of drug-likeness (QED) is 0.366. The molecule has 1 aromatic carbocycles. The first kappa shape index (κ1) is 27.3. The first-order valence-electron chi connectivity index (χ1n) is 12.3. The summed E-state index contributed by atoms with van der Waals surface area (Å²) in [5, 5.41) is 2.58. The van der Waals surface area contributed by atoms with Crippen LogP contribution in [0.3, 0.4) is 0 Å². The van der Waals surface area contributed by atoms with E-state index in [0.29, 0.717) is 54.1 Å². The topological polar surface area (TPSA) is 101 Å². The number of hydrogen-bond donors (Lipinski definition) is 0. The second-order valence-corrected chi connectivity index (χ2v) is 9.79. The number of thioether (sulfide) groups is 1. The van der Waals surface area contributed by atoms with Gasteiger partial charge in [0.2, 0.25) is 11.8 Å². The number of carbonyl (C=O) groups is 3. The summed E-state index contributed by atoms with van der Waals surface area (Å²) >= 11 is 1.41. The minimum Gasteiger partial charge on any atom is -0.493 e. The van der Waals surface area contributed by atoms with E-state index in [2.05, 4.69) is 11.6 Å². The largest absolute Gasteiger partial charge is 0.493 e. The van der Waals surface area contributed by atoms with Gasteiger partial charge in [-0.1, -0.05) is 30.5 Å². The second kappa shape index (κ2) is 11.8. The lowest BCUT2D eigenvalue weighted by Gasteiger charge is -2.38. The van der Waals surface area contributed by atoms with Crippen molar-refractivity contribution in [3.8, 4) is 11.5 Å². The highest BCUT2D eigenvalue weighted by molar-refractivity contribution is 8.16. The predicted molar refractivity (Wildman–Crippen MR) is 145 cm³/mol. The number of piperazine rings is 1. The predicted octanol–water partition coefficient (Wildman–Crippen LogP) is 3.09. The van der Waals surface area contributed by atoms with E-state index >= 15 is 0 Å². The molecule has 10 nitrogen and oxygen atoms in total. The number of nitrogens with zero attached hydrogens (tertiary/aromatic N) is 4. The standard InChI is InChI=1S/C27H32N4O6S/c1-6-13-37-26(34)24-17(2)28-27-31(25(24)19-7-8-21(35-4)22(14-19)36-5)20(16-38-27)15-23(33)30-11-9-29(10-12-30)18(3)32/h6-8,14,16,25H,1,9-13,15H2,2-5H3/t25-/m1/s1. The second-order valence-electron chi connectivity index (χ2n) is 8.96. The lowest BCUT2D eigenvalue weighted by atomic mass is 9.93. The molecule has 0 saturated carbocycles. The van der Waals surface area contributed by atoms with Gasteiger partial charge in [-0.05, 0) is 30.0 Å². The van der Waals surface area contributed by atoms with Crippen LogP contribution in [-0.2, 0) is 19.1 Å². The SMILES string of the molecule is C=CCOC(=O)C1=C(C)N=C2SC=C(CC(=O)N3CCN(C(C)=O)CC3)N2[C@@H]1c1ccc(OC)c(OC)c1. The van der Waals surface area contributed by atoms with Gasteiger partial charge in [0.25, 0.3) is 0 Å². The van der Waals surface area contributed by atoms with E-state index in [1.165, 1.54) is 24.8 Å². The average Bonchev–Trinajstić information content (AvgIpc) is 3.32. The molecule has 1 saturated heterocycles. The number of amides is 2. The molecule has 1 fully saturated rings. The van der Waals surface area contributed by atoms with Crippen molar-refractivity contribution in [2.45, 2.75) is 26.3 Å². The van der Waals surface area contributed by atoms with Gasteiger partial charge in [-0.15, -0.1) is 0 Å². The maximum absolute atomic E-state index is 13.3. The van der Waals surface area contributed by atoms with Gasteiger partial charge in [-0.3, -0.25) is 9.59 Å². The molecular weight excluding hydrogens is 508 g/mol. The molecule has 3 aliphatic heterocycles. The Kier molecular flexibility index (Phi) is 8.45. The highest BCUT2D eigenvalue weighted by Crippen LogP contribution is 2.46. The van der Waals surface area contributed by atoms with Crippen LogP contribution in [0.2, 0.25) is 0 Å². The fourth-order valence-electron chi connectivity index (χ4n) is 4.72. The number of methoxy groups -OCH3 is 2. The fourth-order valence-corrected chi connectivity index (χ4v) is 5.68. The van der Waals surface area contributed by atoms with E-state index < -0.39 is 12.0 Å². The summed E-state index contributed by atoms with van der Waals surface area (Å²) in [5.41, 5.74) is 2.41. The zero-order valence-electron chi connectivity index (χ0n) is 22.1. The monoisotopic (exact) mass is 540 g/mol. The van der Waals surface area contributed by atoms with Gasteiger partial charge < -0.3 is 28.9 Å². The lowest BCUT2D eigenvalue weighted by molar-refractivity contribution is -0.138. The summed E-state index contributed by atoms with van der Waals surface area (Å²) in [5.74, 6) is 0.533. The molecular formula is C27H32N4O6S. The molecule has 1 aromatic rings. The third-order valence-corrected chi connectivity index (χ3v) is 7.57. The summed E-state index contributed by atoms with van der Waals surface area (Å²) in [7, 11) is 3.11. The van der Waals surface area contributed by atoms with Gasteiger partial charge in [0.1, 0.15) is 6.61 Å². The molecule has 0 aliphatic carbocycles. The Balaban J connectivity index is 1.66. The van der Waals surface area contributed by atoms with Crippen molar-refractivity contribution in [2.75, 3.05) is 47.0 Å². The van der Waals surface area contributed by atoms with Crippen molar-refractivity contribution in [3.63, 3.8) is 0 Å². The van der Waals surface area contributed by atoms with E-state index in [1.807, 2.05) is 22.4 Å². The Bertz CT molecular complexity index is 1230. The molecule has 202 valence electrons. The minimum absolute atomic E-state index is 0.0111. The summed E-state index contributed by atoms with van der Waals surface area (Å²) in [4.78, 5) is 48.4. The number of fused-ring (bicyclic) bond motifs is 1. The Hall–Kier alpha value is -3.73. The third-order valence-electron chi connectivity index (χ3n) is 6.69. The van der Waals surface area contributed by atoms with Crippen molar-refractivity contribution < 1.29 is 28.6 Å². The van der Waals surface area contributed by atoms with Gasteiger partial charge in [0.05, 0.1) is 38.0 Å². The van der Waals surface area contributed by atoms with Crippen LogP contribution in [0, 0.1) is 0 Å². The summed E-state index contributed by atoms with van der Waals surface area (Å²) < 4.78 is 16.4. The number of benzene rings is 1. The highest BCUT2D eigenvalue weighted by atomic mass is 32.2. The van der Waals surface area contributed by atoms with Crippen molar-refractivity contribution in [1.29, 1.82) is 0 Å². The molecule has 38 heavy (non-hydrogen) atoms. The van der Waals surface area contributed by atoms with Crippen LogP contribution in [0.25, 0.3) is 0 Å². The van der Waals surface area contributed by atoms with Gasteiger partial charge in [0.15, 0.2) is 16.7 Å². The first-order chi connectivity index (χ1) is 18.3. The molecule has 0 bridgehead atoms. The number of amidine groups is 1. The number of allylic oxidation sites excluding steroid dienone is 1. The van der Waals surface area contributed by atoms with Crippen LogP contribution in [0.4, 0.5) is 0 Å². The van der Waals surface area contributed by atoms with Crippen LogP contribution >= 0.6 is 11.8 Å². The van der Waals surface area contributed by atoms with Crippen molar-refractivity contribution in [3.05, 3.63) is 58.8 Å². The number of hydrogen-bond acceptors (Lipinski definition) is 9. The molecule has 2 amide bonds. The number of rotatable bonds is 8. The molecule has 0 radical (unpaired) electrons. The van der Waals surface area contributed by atoms with Crippen LogP contribution < -0.4 is 9.47 Å². The van der Waals surface area contributed by atoms with E-state index in [9.17, 15) is 14.4 Å².